The molecular weight excluding hydrogens is 1230 g/mol. The first-order chi connectivity index (χ1) is 45.4. The van der Waals surface area contributed by atoms with Gasteiger partial charge < -0.3 is 33.8 Å². The molecule has 0 aromatic heterocycles. The molecule has 0 rings (SSSR count). The Kier molecular flexibility index (Phi) is 65.5. The van der Waals surface area contributed by atoms with Crippen LogP contribution in [-0.2, 0) is 65.4 Å². The first-order valence-corrected chi connectivity index (χ1v) is 42.0. The van der Waals surface area contributed by atoms with Gasteiger partial charge in [-0.3, -0.25) is 37.3 Å². The standard InChI is InChI=1S/C75H146O17P2/c1-7-10-12-14-15-16-35-41-47-53-59-74(79)91-70(63-85-72(77)57-51-43-13-11-8-2)65-89-93(81,82)87-61-69(76)62-88-94(83,84)90-66-71(64-86-73(78)58-52-46-40-36-31-27-24-23-25-29-33-38-44-49-55-67(4)5)92-75(80)60-54-48-42-37-32-28-22-20-18-17-19-21-26-30-34-39-45-50-56-68(6)9-3/h67-71,76H,7-66H2,1-6H3,(H,81,82)(H,83,84)/t68?,69-,70+,71+/m0/s1. The van der Waals surface area contributed by atoms with Crippen LogP contribution in [0.5, 0.6) is 0 Å². The lowest BCUT2D eigenvalue weighted by atomic mass is 9.99. The maximum absolute atomic E-state index is 13.1. The minimum absolute atomic E-state index is 0.106. The van der Waals surface area contributed by atoms with Crippen molar-refractivity contribution in [3.8, 4) is 0 Å². The summed E-state index contributed by atoms with van der Waals surface area (Å²) in [6, 6.07) is 0. The van der Waals surface area contributed by atoms with E-state index in [9.17, 15) is 43.2 Å². The van der Waals surface area contributed by atoms with Gasteiger partial charge in [0.2, 0.25) is 0 Å². The first kappa shape index (κ1) is 92.1. The molecule has 0 aliphatic rings. The van der Waals surface area contributed by atoms with Crippen LogP contribution in [-0.4, -0.2) is 96.7 Å². The zero-order valence-electron chi connectivity index (χ0n) is 61.3. The van der Waals surface area contributed by atoms with Crippen LogP contribution in [0.4, 0.5) is 0 Å². The average Bonchev–Trinajstić information content (AvgIpc) is 2.58. The van der Waals surface area contributed by atoms with E-state index in [1.807, 2.05) is 0 Å². The third-order valence-electron chi connectivity index (χ3n) is 17.8. The van der Waals surface area contributed by atoms with Crippen LogP contribution in [0, 0.1) is 11.8 Å². The molecule has 0 aliphatic heterocycles. The molecule has 6 atom stereocenters. The van der Waals surface area contributed by atoms with Crippen molar-refractivity contribution in [3.63, 3.8) is 0 Å². The predicted molar refractivity (Wildman–Crippen MR) is 381 cm³/mol. The van der Waals surface area contributed by atoms with Crippen LogP contribution in [0.3, 0.4) is 0 Å². The molecule has 3 unspecified atom stereocenters. The number of ether oxygens (including phenoxy) is 4. The quantitative estimate of drug-likeness (QED) is 0.0222. The molecule has 0 aromatic carbocycles. The molecule has 0 bridgehead atoms. The zero-order chi connectivity index (χ0) is 69.3. The normalized spacial score (nSPS) is 14.3. The van der Waals surface area contributed by atoms with Crippen LogP contribution >= 0.6 is 15.6 Å². The number of hydrogen-bond donors (Lipinski definition) is 3. The Morgan fingerprint density at radius 1 is 0.309 bits per heavy atom. The van der Waals surface area contributed by atoms with Crippen molar-refractivity contribution in [1.29, 1.82) is 0 Å². The Morgan fingerprint density at radius 2 is 0.543 bits per heavy atom. The van der Waals surface area contributed by atoms with E-state index in [0.717, 1.165) is 108 Å². The number of esters is 4. The van der Waals surface area contributed by atoms with Crippen LogP contribution in [0.25, 0.3) is 0 Å². The smallest absolute Gasteiger partial charge is 0.462 e. The fourth-order valence-corrected chi connectivity index (χ4v) is 13.0. The Morgan fingerprint density at radius 3 is 0.809 bits per heavy atom. The second-order valence-electron chi connectivity index (χ2n) is 27.8. The second-order valence-corrected chi connectivity index (χ2v) is 30.7. The highest BCUT2D eigenvalue weighted by Crippen LogP contribution is 2.45. The lowest BCUT2D eigenvalue weighted by Gasteiger charge is -2.21. The summed E-state index contributed by atoms with van der Waals surface area (Å²) in [7, 11) is -9.89. The summed E-state index contributed by atoms with van der Waals surface area (Å²) in [5.41, 5.74) is 0. The molecule has 0 amide bonds. The zero-order valence-corrected chi connectivity index (χ0v) is 63.1. The van der Waals surface area contributed by atoms with Crippen molar-refractivity contribution in [2.45, 2.75) is 407 Å². The van der Waals surface area contributed by atoms with Crippen molar-refractivity contribution in [1.82, 2.24) is 0 Å². The second kappa shape index (κ2) is 66.9. The summed E-state index contributed by atoms with van der Waals surface area (Å²) in [5.74, 6) is -0.459. The highest BCUT2D eigenvalue weighted by atomic mass is 31.2. The summed E-state index contributed by atoms with van der Waals surface area (Å²) < 4.78 is 68.2. The van der Waals surface area contributed by atoms with E-state index in [4.69, 9.17) is 37.0 Å². The summed E-state index contributed by atoms with van der Waals surface area (Å²) >= 11 is 0. The van der Waals surface area contributed by atoms with Gasteiger partial charge in [0.15, 0.2) is 12.2 Å². The Labute approximate surface area is 575 Å². The predicted octanol–water partition coefficient (Wildman–Crippen LogP) is 21.9. The van der Waals surface area contributed by atoms with Crippen molar-refractivity contribution in [2.24, 2.45) is 11.8 Å². The van der Waals surface area contributed by atoms with E-state index in [2.05, 4.69) is 41.5 Å². The number of aliphatic hydroxyl groups excluding tert-OH is 1. The van der Waals surface area contributed by atoms with Gasteiger partial charge in [-0.25, -0.2) is 9.13 Å². The molecule has 0 fully saturated rings. The Bertz CT molecular complexity index is 1820. The van der Waals surface area contributed by atoms with E-state index >= 15 is 0 Å². The van der Waals surface area contributed by atoms with E-state index in [1.165, 1.54) is 199 Å². The highest BCUT2D eigenvalue weighted by Gasteiger charge is 2.30. The molecule has 0 aromatic rings. The summed E-state index contributed by atoms with van der Waals surface area (Å²) in [5, 5.41) is 10.6. The Hall–Kier alpha value is -1.94. The topological polar surface area (TPSA) is 237 Å². The highest BCUT2D eigenvalue weighted by molar-refractivity contribution is 7.47. The van der Waals surface area contributed by atoms with Crippen LogP contribution in [0.2, 0.25) is 0 Å². The molecule has 558 valence electrons. The van der Waals surface area contributed by atoms with Gasteiger partial charge in [0.1, 0.15) is 19.3 Å². The Balaban J connectivity index is 5.10. The number of rotatable bonds is 74. The van der Waals surface area contributed by atoms with Gasteiger partial charge in [-0.1, -0.05) is 337 Å². The third kappa shape index (κ3) is 67.3. The SMILES string of the molecule is CCCCCCCCCCCCC(=O)O[C@H](COC(=O)CCCCCCC)COP(=O)(O)OC[C@H](O)COP(=O)(O)OC[C@@H](COC(=O)CCCCCCCCCCCCCCCCC(C)C)OC(=O)CCCCCCCCCCCCCCCCCCCCC(C)CC. The molecule has 0 spiro atoms. The average molecular weight is 1380 g/mol. The van der Waals surface area contributed by atoms with Crippen molar-refractivity contribution < 1.29 is 80.2 Å². The van der Waals surface area contributed by atoms with Crippen molar-refractivity contribution >= 4 is 39.5 Å². The van der Waals surface area contributed by atoms with Gasteiger partial charge in [0, 0.05) is 25.7 Å². The molecule has 0 radical (unpaired) electrons. The monoisotopic (exact) mass is 1380 g/mol. The molecule has 17 nitrogen and oxygen atoms in total. The molecule has 0 saturated heterocycles. The number of aliphatic hydroxyl groups is 1. The van der Waals surface area contributed by atoms with E-state index in [1.54, 1.807) is 0 Å². The van der Waals surface area contributed by atoms with Gasteiger partial charge in [-0.05, 0) is 37.5 Å². The van der Waals surface area contributed by atoms with E-state index < -0.39 is 97.5 Å². The molecule has 0 heterocycles. The molecule has 94 heavy (non-hydrogen) atoms. The molecule has 0 saturated carbocycles. The fraction of sp³-hybridized carbons (Fsp3) is 0.947. The van der Waals surface area contributed by atoms with E-state index in [-0.39, 0.29) is 25.7 Å². The van der Waals surface area contributed by atoms with E-state index in [0.29, 0.717) is 25.7 Å². The maximum atomic E-state index is 13.1. The fourth-order valence-electron chi connectivity index (χ4n) is 11.4. The summed E-state index contributed by atoms with van der Waals surface area (Å²) in [6.45, 7) is 9.58. The minimum Gasteiger partial charge on any atom is -0.462 e. The number of phosphoric acid groups is 2. The van der Waals surface area contributed by atoms with Gasteiger partial charge in [0.05, 0.1) is 26.4 Å². The largest absolute Gasteiger partial charge is 0.472 e. The summed E-state index contributed by atoms with van der Waals surface area (Å²) in [6.07, 6.45) is 54.6. The van der Waals surface area contributed by atoms with Gasteiger partial charge in [-0.15, -0.1) is 0 Å². The molecular formula is C75H146O17P2. The number of carbonyl (C=O) groups is 4. The van der Waals surface area contributed by atoms with Gasteiger partial charge in [0.25, 0.3) is 0 Å². The molecule has 3 N–H and O–H groups in total. The lowest BCUT2D eigenvalue weighted by Crippen LogP contribution is -2.30. The van der Waals surface area contributed by atoms with Gasteiger partial charge >= 0.3 is 39.5 Å². The maximum Gasteiger partial charge on any atom is 0.472 e. The van der Waals surface area contributed by atoms with Crippen LogP contribution in [0.1, 0.15) is 388 Å². The molecule has 0 aliphatic carbocycles. The van der Waals surface area contributed by atoms with Crippen molar-refractivity contribution in [2.75, 3.05) is 39.6 Å². The number of hydrogen-bond acceptors (Lipinski definition) is 15. The third-order valence-corrected chi connectivity index (χ3v) is 19.7. The van der Waals surface area contributed by atoms with Gasteiger partial charge in [-0.2, -0.15) is 0 Å². The molecule has 19 heteroatoms. The van der Waals surface area contributed by atoms with Crippen LogP contribution < -0.4 is 0 Å². The summed E-state index contributed by atoms with van der Waals surface area (Å²) in [4.78, 5) is 72.4. The first-order valence-electron chi connectivity index (χ1n) is 39.0. The van der Waals surface area contributed by atoms with Crippen LogP contribution in [0.15, 0.2) is 0 Å². The number of phosphoric ester groups is 2. The lowest BCUT2D eigenvalue weighted by molar-refractivity contribution is -0.161. The number of unbranched alkanes of at least 4 members (excludes halogenated alkanes) is 43. The minimum atomic E-state index is -4.95. The van der Waals surface area contributed by atoms with Crippen molar-refractivity contribution in [3.05, 3.63) is 0 Å². The number of carbonyl (C=O) groups excluding carboxylic acids is 4.